The van der Waals surface area contributed by atoms with Crippen molar-refractivity contribution >= 4 is 16.0 Å². The van der Waals surface area contributed by atoms with Gasteiger partial charge in [-0.25, -0.2) is 18.5 Å². The molecule has 0 amide bonds. The zero-order valence-corrected chi connectivity index (χ0v) is 13.7. The second-order valence-electron chi connectivity index (χ2n) is 5.26. The van der Waals surface area contributed by atoms with Gasteiger partial charge < -0.3 is 9.52 Å². The average molecular weight is 358 g/mol. The van der Waals surface area contributed by atoms with Gasteiger partial charge in [-0.05, 0) is 6.07 Å². The first kappa shape index (κ1) is 16.9. The predicted molar refractivity (Wildman–Crippen MR) is 90.1 cm³/mol. The lowest BCUT2D eigenvalue weighted by Crippen LogP contribution is -2.13. The van der Waals surface area contributed by atoms with Crippen molar-refractivity contribution in [3.05, 3.63) is 60.5 Å². The average Bonchev–Trinajstić information content (AvgIpc) is 2.98. The van der Waals surface area contributed by atoms with Gasteiger partial charge in [-0.2, -0.15) is 0 Å². The molecule has 0 aliphatic heterocycles. The van der Waals surface area contributed by atoms with Crippen molar-refractivity contribution in [3.8, 4) is 22.6 Å². The Balaban J connectivity index is 2.26. The molecule has 0 bridgehead atoms. The summed E-state index contributed by atoms with van der Waals surface area (Å²) in [5.41, 5.74) is 1.13. The molecule has 2 aromatic carbocycles. The molecule has 1 aromatic heterocycles. The van der Waals surface area contributed by atoms with E-state index in [0.717, 1.165) is 0 Å². The van der Waals surface area contributed by atoms with Crippen LogP contribution in [0, 0.1) is 0 Å². The highest BCUT2D eigenvalue weighted by Crippen LogP contribution is 2.35. The maximum Gasteiger partial charge on any atom is 0.312 e. The van der Waals surface area contributed by atoms with Crippen molar-refractivity contribution in [1.82, 2.24) is 4.98 Å². The lowest BCUT2D eigenvalue weighted by molar-refractivity contribution is -0.136. The Morgan fingerprint density at radius 1 is 1.08 bits per heavy atom. The maximum absolute atomic E-state index is 11.9. The van der Waals surface area contributed by atoms with Crippen LogP contribution in [0.15, 0.2) is 63.9 Å². The number of nitrogens with two attached hydrogens (primary N) is 1. The van der Waals surface area contributed by atoms with E-state index in [2.05, 4.69) is 4.98 Å². The summed E-state index contributed by atoms with van der Waals surface area (Å²) in [6.45, 7) is 0. The highest BCUT2D eigenvalue weighted by atomic mass is 32.2. The number of hydrogen-bond acceptors (Lipinski definition) is 5. The van der Waals surface area contributed by atoms with E-state index in [1.54, 1.807) is 42.5 Å². The number of hydrogen-bond donors (Lipinski definition) is 2. The second kappa shape index (κ2) is 6.50. The third-order valence-electron chi connectivity index (χ3n) is 3.46. The number of oxazole rings is 1. The van der Waals surface area contributed by atoms with E-state index in [4.69, 9.17) is 14.7 Å². The smallest absolute Gasteiger partial charge is 0.312 e. The molecule has 8 heteroatoms. The number of nitrogens with zero attached hydrogens (tertiary/aromatic N) is 1. The Hall–Kier alpha value is -2.97. The molecule has 0 fully saturated rings. The van der Waals surface area contributed by atoms with Gasteiger partial charge >= 0.3 is 5.97 Å². The van der Waals surface area contributed by atoms with Crippen LogP contribution in [0.25, 0.3) is 22.6 Å². The lowest BCUT2D eigenvalue weighted by atomic mass is 10.1. The number of aromatic nitrogens is 1. The molecule has 7 nitrogen and oxygen atoms in total. The summed E-state index contributed by atoms with van der Waals surface area (Å²) in [7, 11) is -3.99. The van der Waals surface area contributed by atoms with Crippen molar-refractivity contribution in [2.24, 2.45) is 5.14 Å². The van der Waals surface area contributed by atoms with E-state index in [-0.39, 0.29) is 27.8 Å². The first-order valence-electron chi connectivity index (χ1n) is 7.25. The van der Waals surface area contributed by atoms with Crippen LogP contribution in [0.1, 0.15) is 5.89 Å². The molecule has 25 heavy (non-hydrogen) atoms. The number of rotatable bonds is 5. The van der Waals surface area contributed by atoms with Crippen LogP contribution < -0.4 is 5.14 Å². The number of carboxylic acids is 1. The molecule has 0 radical (unpaired) electrons. The van der Waals surface area contributed by atoms with Crippen LogP contribution in [0.3, 0.4) is 0 Å². The van der Waals surface area contributed by atoms with E-state index in [9.17, 15) is 13.2 Å². The summed E-state index contributed by atoms with van der Waals surface area (Å²) in [5.74, 6) is -0.842. The molecular formula is C17H14N2O5S. The highest BCUT2D eigenvalue weighted by molar-refractivity contribution is 7.89. The first-order valence-corrected chi connectivity index (χ1v) is 8.80. The standard InChI is InChI=1S/C17H14N2O5S/c18-25(22,23)13-9-5-4-8-12(13)16-17(11-6-2-1-3-7-11)24-14(19-16)10-15(20)21/h1-9H,10H2,(H,20,21)(H2,18,22,23). The number of carboxylic acid groups (broad SMARTS) is 1. The van der Waals surface area contributed by atoms with Gasteiger partial charge in [0.1, 0.15) is 12.1 Å². The van der Waals surface area contributed by atoms with Crippen LogP contribution in [0.4, 0.5) is 0 Å². The molecule has 0 aliphatic carbocycles. The molecule has 0 saturated heterocycles. The summed E-state index contributed by atoms with van der Waals surface area (Å²) < 4.78 is 29.4. The molecule has 0 unspecified atom stereocenters. The molecule has 0 aliphatic rings. The van der Waals surface area contributed by atoms with Crippen LogP contribution in [-0.4, -0.2) is 24.5 Å². The van der Waals surface area contributed by atoms with E-state index >= 15 is 0 Å². The van der Waals surface area contributed by atoms with Crippen LogP contribution in [0.5, 0.6) is 0 Å². The van der Waals surface area contributed by atoms with E-state index in [1.165, 1.54) is 6.07 Å². The molecule has 128 valence electrons. The Bertz CT molecular complexity index is 1030. The fourth-order valence-electron chi connectivity index (χ4n) is 2.45. The van der Waals surface area contributed by atoms with Gasteiger partial charge in [0, 0.05) is 11.1 Å². The fourth-order valence-corrected chi connectivity index (χ4v) is 3.19. The highest BCUT2D eigenvalue weighted by Gasteiger charge is 2.23. The Labute approximate surface area is 143 Å². The summed E-state index contributed by atoms with van der Waals surface area (Å²) in [5, 5.41) is 14.3. The van der Waals surface area contributed by atoms with Crippen LogP contribution >= 0.6 is 0 Å². The minimum Gasteiger partial charge on any atom is -0.481 e. The van der Waals surface area contributed by atoms with Crippen molar-refractivity contribution in [2.75, 3.05) is 0 Å². The molecule has 0 saturated carbocycles. The van der Waals surface area contributed by atoms with Crippen molar-refractivity contribution in [2.45, 2.75) is 11.3 Å². The van der Waals surface area contributed by atoms with Crippen LogP contribution in [-0.2, 0) is 21.2 Å². The quantitative estimate of drug-likeness (QED) is 0.721. The monoisotopic (exact) mass is 358 g/mol. The Morgan fingerprint density at radius 2 is 1.72 bits per heavy atom. The normalized spacial score (nSPS) is 11.4. The predicted octanol–water partition coefficient (Wildman–Crippen LogP) is 2.28. The number of primary sulfonamides is 1. The van der Waals surface area contributed by atoms with E-state index in [0.29, 0.717) is 5.56 Å². The third-order valence-corrected chi connectivity index (χ3v) is 4.43. The second-order valence-corrected chi connectivity index (χ2v) is 6.79. The van der Waals surface area contributed by atoms with Crippen LogP contribution in [0.2, 0.25) is 0 Å². The summed E-state index contributed by atoms with van der Waals surface area (Å²) >= 11 is 0. The molecule has 3 aromatic rings. The molecule has 0 spiro atoms. The van der Waals surface area contributed by atoms with E-state index < -0.39 is 22.4 Å². The largest absolute Gasteiger partial charge is 0.481 e. The van der Waals surface area contributed by atoms with Gasteiger partial charge in [0.2, 0.25) is 15.9 Å². The van der Waals surface area contributed by atoms with Crippen molar-refractivity contribution < 1.29 is 22.7 Å². The number of sulfonamides is 1. The molecule has 3 N–H and O–H groups in total. The number of benzene rings is 2. The van der Waals surface area contributed by atoms with Gasteiger partial charge in [0.15, 0.2) is 5.76 Å². The minimum absolute atomic E-state index is 0.0226. The van der Waals surface area contributed by atoms with Gasteiger partial charge in [-0.3, -0.25) is 4.79 Å². The molecular weight excluding hydrogens is 344 g/mol. The van der Waals surface area contributed by atoms with Gasteiger partial charge in [0.25, 0.3) is 0 Å². The summed E-state index contributed by atoms with van der Waals surface area (Å²) in [4.78, 5) is 15.1. The maximum atomic E-state index is 11.9. The molecule has 3 rings (SSSR count). The Kier molecular flexibility index (Phi) is 4.39. The van der Waals surface area contributed by atoms with Gasteiger partial charge in [-0.1, -0.05) is 48.5 Å². The third kappa shape index (κ3) is 3.59. The number of carbonyl (C=O) groups is 1. The van der Waals surface area contributed by atoms with Crippen molar-refractivity contribution in [1.29, 1.82) is 0 Å². The zero-order valence-electron chi connectivity index (χ0n) is 12.9. The number of aliphatic carboxylic acids is 1. The Morgan fingerprint density at radius 3 is 2.36 bits per heavy atom. The molecule has 0 atom stereocenters. The zero-order chi connectivity index (χ0) is 18.0. The minimum atomic E-state index is -3.99. The topological polar surface area (TPSA) is 123 Å². The van der Waals surface area contributed by atoms with Gasteiger partial charge in [0.05, 0.1) is 4.90 Å². The van der Waals surface area contributed by atoms with E-state index in [1.807, 2.05) is 6.07 Å². The lowest BCUT2D eigenvalue weighted by Gasteiger charge is -2.06. The van der Waals surface area contributed by atoms with Crippen molar-refractivity contribution in [3.63, 3.8) is 0 Å². The fraction of sp³-hybridized carbons (Fsp3) is 0.0588. The summed E-state index contributed by atoms with van der Waals surface area (Å²) in [6, 6.07) is 15.0. The SMILES string of the molecule is NS(=O)(=O)c1ccccc1-c1nc(CC(=O)O)oc1-c1ccccc1. The van der Waals surface area contributed by atoms with Gasteiger partial charge in [-0.15, -0.1) is 0 Å². The molecule has 1 heterocycles. The first-order chi connectivity index (χ1) is 11.9. The summed E-state index contributed by atoms with van der Waals surface area (Å²) in [6.07, 6.45) is -0.419.